The van der Waals surface area contributed by atoms with Crippen molar-refractivity contribution in [3.63, 3.8) is 0 Å². The van der Waals surface area contributed by atoms with Crippen LogP contribution < -0.4 is 0 Å². The van der Waals surface area contributed by atoms with E-state index in [0.29, 0.717) is 12.1 Å². The Bertz CT molecular complexity index is 409. The fraction of sp³-hybridized carbons (Fsp3) is 0.222. The number of benzene rings is 1. The van der Waals surface area contributed by atoms with Gasteiger partial charge in [0.2, 0.25) is 0 Å². The van der Waals surface area contributed by atoms with Crippen molar-refractivity contribution in [3.05, 3.63) is 29.1 Å². The lowest BCUT2D eigenvalue weighted by atomic mass is 10.0. The third kappa shape index (κ3) is 2.08. The largest absolute Gasteiger partial charge is 0.507 e. The lowest BCUT2D eigenvalue weighted by Crippen LogP contribution is -2.13. The summed E-state index contributed by atoms with van der Waals surface area (Å²) >= 11 is 0. The van der Waals surface area contributed by atoms with Crippen molar-refractivity contribution < 1.29 is 27.5 Å². The van der Waals surface area contributed by atoms with Crippen LogP contribution in [0.2, 0.25) is 0 Å². The van der Waals surface area contributed by atoms with E-state index in [4.69, 9.17) is 5.11 Å². The monoisotopic (exact) mass is 222 g/mol. The molecular weight excluding hydrogens is 216 g/mol. The number of carbonyl (C=O) groups is 1. The van der Waals surface area contributed by atoms with Crippen molar-refractivity contribution in [1.82, 2.24) is 0 Å². The van der Waals surface area contributed by atoms with E-state index in [-0.39, 0.29) is 0 Å². The third-order valence-electron chi connectivity index (χ3n) is 1.77. The van der Waals surface area contributed by atoms with E-state index in [1.54, 1.807) is 0 Å². The van der Waals surface area contributed by atoms with Crippen LogP contribution in [0.4, 0.5) is 17.6 Å². The number of Topliss-reactive ketones (excluding diaryl/α,β-unsaturated/α-hetero) is 1. The molecule has 1 aromatic rings. The molecule has 0 bridgehead atoms. The summed E-state index contributed by atoms with van der Waals surface area (Å²) in [4.78, 5) is 10.8. The predicted molar refractivity (Wildman–Crippen MR) is 43.1 cm³/mol. The van der Waals surface area contributed by atoms with Gasteiger partial charge in [-0.3, -0.25) is 4.79 Å². The van der Waals surface area contributed by atoms with E-state index in [9.17, 15) is 22.4 Å². The molecule has 0 unspecified atom stereocenters. The molecule has 6 heteroatoms. The average Bonchev–Trinajstić information content (AvgIpc) is 2.05. The summed E-state index contributed by atoms with van der Waals surface area (Å²) < 4.78 is 50.1. The van der Waals surface area contributed by atoms with Crippen molar-refractivity contribution in [2.45, 2.75) is 13.1 Å². The minimum absolute atomic E-state index is 0.560. The average molecular weight is 222 g/mol. The quantitative estimate of drug-likeness (QED) is 0.586. The maximum atomic E-state index is 13.0. The Morgan fingerprint density at radius 3 is 2.20 bits per heavy atom. The molecule has 0 spiro atoms. The molecule has 0 aliphatic carbocycles. The second-order valence-electron chi connectivity index (χ2n) is 2.87. The van der Waals surface area contributed by atoms with Gasteiger partial charge in [-0.1, -0.05) is 0 Å². The minimum Gasteiger partial charge on any atom is -0.507 e. The third-order valence-corrected chi connectivity index (χ3v) is 1.77. The second kappa shape index (κ2) is 3.52. The van der Waals surface area contributed by atoms with E-state index >= 15 is 0 Å². The lowest BCUT2D eigenvalue weighted by Gasteiger charge is -2.13. The van der Waals surface area contributed by atoms with Crippen LogP contribution in [0, 0.1) is 5.82 Å². The summed E-state index contributed by atoms with van der Waals surface area (Å²) in [6.07, 6.45) is -4.97. The van der Waals surface area contributed by atoms with Crippen LogP contribution in [-0.4, -0.2) is 10.9 Å². The molecular formula is C9H6F4O2. The number of rotatable bonds is 1. The van der Waals surface area contributed by atoms with Crippen molar-refractivity contribution in [1.29, 1.82) is 0 Å². The van der Waals surface area contributed by atoms with Crippen LogP contribution in [0.3, 0.4) is 0 Å². The molecule has 0 amide bonds. The summed E-state index contributed by atoms with van der Waals surface area (Å²) in [6.45, 7) is 0.799. The van der Waals surface area contributed by atoms with Gasteiger partial charge in [-0.15, -0.1) is 0 Å². The van der Waals surface area contributed by atoms with Gasteiger partial charge in [0, 0.05) is 0 Å². The minimum atomic E-state index is -4.97. The van der Waals surface area contributed by atoms with Gasteiger partial charge in [-0.05, 0) is 19.1 Å². The van der Waals surface area contributed by atoms with Gasteiger partial charge >= 0.3 is 6.18 Å². The number of ketones is 1. The number of alkyl halides is 3. The van der Waals surface area contributed by atoms with E-state index in [2.05, 4.69) is 0 Å². The number of hydrogen-bond acceptors (Lipinski definition) is 2. The number of phenols is 1. The van der Waals surface area contributed by atoms with Crippen LogP contribution in [-0.2, 0) is 6.18 Å². The lowest BCUT2D eigenvalue weighted by molar-refractivity contribution is -0.139. The van der Waals surface area contributed by atoms with Crippen molar-refractivity contribution in [2.24, 2.45) is 0 Å². The predicted octanol–water partition coefficient (Wildman–Crippen LogP) is 2.75. The van der Waals surface area contributed by atoms with Crippen LogP contribution in [0.25, 0.3) is 0 Å². The topological polar surface area (TPSA) is 37.3 Å². The van der Waals surface area contributed by atoms with E-state index in [1.807, 2.05) is 0 Å². The summed E-state index contributed by atoms with van der Waals surface area (Å²) in [5.74, 6) is -3.54. The number of halogens is 4. The molecule has 1 N–H and O–H groups in total. The smallest absolute Gasteiger partial charge is 0.420 e. The number of phenolic OH excluding ortho intramolecular Hbond substituents is 1. The molecule has 1 aromatic carbocycles. The zero-order chi connectivity index (χ0) is 11.8. The molecule has 0 heterocycles. The molecule has 0 radical (unpaired) electrons. The van der Waals surface area contributed by atoms with Crippen LogP contribution in [0.1, 0.15) is 22.8 Å². The molecule has 0 fully saturated rings. The highest BCUT2D eigenvalue weighted by Crippen LogP contribution is 2.39. The van der Waals surface area contributed by atoms with Gasteiger partial charge < -0.3 is 5.11 Å². The Hall–Kier alpha value is -1.59. The molecule has 0 saturated carbocycles. The molecule has 2 nitrogen and oxygen atoms in total. The first-order chi connectivity index (χ1) is 6.75. The molecule has 1 rings (SSSR count). The van der Waals surface area contributed by atoms with Gasteiger partial charge in [-0.25, -0.2) is 4.39 Å². The number of hydrogen-bond donors (Lipinski definition) is 1. The Balaban J connectivity index is 3.60. The Kier molecular flexibility index (Phi) is 2.70. The van der Waals surface area contributed by atoms with Crippen molar-refractivity contribution in [3.8, 4) is 5.75 Å². The van der Waals surface area contributed by atoms with E-state index in [1.165, 1.54) is 0 Å². The summed E-state index contributed by atoms with van der Waals surface area (Å²) in [5, 5.41) is 8.96. The molecule has 0 atom stereocenters. The van der Waals surface area contributed by atoms with Crippen LogP contribution in [0.15, 0.2) is 12.1 Å². The maximum absolute atomic E-state index is 13.0. The summed E-state index contributed by atoms with van der Waals surface area (Å²) in [5.41, 5.74) is -2.77. The first-order valence-electron chi connectivity index (χ1n) is 3.84. The molecule has 15 heavy (non-hydrogen) atoms. The Morgan fingerprint density at radius 2 is 1.87 bits per heavy atom. The van der Waals surface area contributed by atoms with Crippen molar-refractivity contribution >= 4 is 5.78 Å². The van der Waals surface area contributed by atoms with Gasteiger partial charge in [0.15, 0.2) is 5.78 Å². The first-order valence-corrected chi connectivity index (χ1v) is 3.84. The van der Waals surface area contributed by atoms with Crippen molar-refractivity contribution in [2.75, 3.05) is 0 Å². The molecule has 82 valence electrons. The van der Waals surface area contributed by atoms with E-state index < -0.39 is 34.7 Å². The van der Waals surface area contributed by atoms with Gasteiger partial charge in [-0.2, -0.15) is 13.2 Å². The zero-order valence-electron chi connectivity index (χ0n) is 7.52. The van der Waals surface area contributed by atoms with Gasteiger partial charge in [0.1, 0.15) is 17.1 Å². The van der Waals surface area contributed by atoms with Gasteiger partial charge in [0.25, 0.3) is 0 Å². The highest BCUT2D eigenvalue weighted by Gasteiger charge is 2.39. The van der Waals surface area contributed by atoms with Gasteiger partial charge in [0.05, 0.1) is 5.56 Å². The normalized spacial score (nSPS) is 11.5. The summed E-state index contributed by atoms with van der Waals surface area (Å²) in [7, 11) is 0. The fourth-order valence-electron chi connectivity index (χ4n) is 1.20. The Morgan fingerprint density at radius 1 is 1.33 bits per heavy atom. The highest BCUT2D eigenvalue weighted by atomic mass is 19.4. The SMILES string of the molecule is CC(=O)c1c(F)ccc(O)c1C(F)(F)F. The van der Waals surface area contributed by atoms with E-state index in [0.717, 1.165) is 6.92 Å². The fourth-order valence-corrected chi connectivity index (χ4v) is 1.20. The van der Waals surface area contributed by atoms with Crippen LogP contribution >= 0.6 is 0 Å². The second-order valence-corrected chi connectivity index (χ2v) is 2.87. The molecule has 0 aliphatic heterocycles. The highest BCUT2D eigenvalue weighted by molar-refractivity contribution is 5.96. The summed E-state index contributed by atoms with van der Waals surface area (Å²) in [6, 6.07) is 1.17. The molecule has 0 saturated heterocycles. The van der Waals surface area contributed by atoms with Crippen LogP contribution in [0.5, 0.6) is 5.75 Å². The standard InChI is InChI=1S/C9H6F4O2/c1-4(14)7-5(10)2-3-6(15)8(7)9(11,12)13/h2-3,15H,1H3. The maximum Gasteiger partial charge on any atom is 0.420 e. The number of carbonyl (C=O) groups excluding carboxylic acids is 1. The first kappa shape index (κ1) is 11.5. The molecule has 0 aliphatic rings. The number of aromatic hydroxyl groups is 1. The zero-order valence-corrected chi connectivity index (χ0v) is 7.52. The molecule has 0 aromatic heterocycles. The Labute approximate surface area is 82.1 Å².